The Morgan fingerprint density at radius 3 is 2.63 bits per heavy atom. The summed E-state index contributed by atoms with van der Waals surface area (Å²) < 4.78 is 0. The number of para-hydroxylation sites is 1. The summed E-state index contributed by atoms with van der Waals surface area (Å²) >= 11 is 0. The van der Waals surface area contributed by atoms with Crippen LogP contribution in [0, 0.1) is 5.92 Å². The fourth-order valence-electron chi connectivity index (χ4n) is 2.84. The quantitative estimate of drug-likeness (QED) is 0.441. The number of amides is 2. The number of H-pyrrole nitrogens is 1. The lowest BCUT2D eigenvalue weighted by Gasteiger charge is -2.20. The number of aromatic nitrogens is 1. The van der Waals surface area contributed by atoms with E-state index in [1.165, 1.54) is 0 Å². The van der Waals surface area contributed by atoms with Gasteiger partial charge in [-0.1, -0.05) is 38.5 Å². The van der Waals surface area contributed by atoms with Gasteiger partial charge in [-0.2, -0.15) is 0 Å². The average molecular weight is 374 g/mol. The maximum Gasteiger partial charge on any atom is 0.326 e. The third-order valence-corrected chi connectivity index (χ3v) is 4.67. The molecular weight excluding hydrogens is 348 g/mol. The molecule has 0 saturated heterocycles. The molecule has 0 unspecified atom stereocenters. The van der Waals surface area contributed by atoms with Crippen LogP contribution in [-0.4, -0.2) is 46.5 Å². The molecule has 0 saturated carbocycles. The van der Waals surface area contributed by atoms with Crippen molar-refractivity contribution in [1.29, 1.82) is 0 Å². The molecule has 0 aliphatic carbocycles. The van der Waals surface area contributed by atoms with Gasteiger partial charge < -0.3 is 26.5 Å². The Balaban J connectivity index is 1.87. The van der Waals surface area contributed by atoms with E-state index >= 15 is 0 Å². The number of carbonyl (C=O) groups is 3. The van der Waals surface area contributed by atoms with Gasteiger partial charge in [0.15, 0.2) is 0 Å². The van der Waals surface area contributed by atoms with Crippen molar-refractivity contribution in [3.8, 4) is 0 Å². The number of hydrogen-bond acceptors (Lipinski definition) is 4. The van der Waals surface area contributed by atoms with Crippen molar-refractivity contribution in [3.05, 3.63) is 36.0 Å². The first-order valence-corrected chi connectivity index (χ1v) is 8.93. The predicted octanol–water partition coefficient (Wildman–Crippen LogP) is 0.769. The monoisotopic (exact) mass is 374 g/mol. The minimum atomic E-state index is -1.10. The topological polar surface area (TPSA) is 137 Å². The van der Waals surface area contributed by atoms with Crippen molar-refractivity contribution in [3.63, 3.8) is 0 Å². The molecule has 1 aromatic carbocycles. The van der Waals surface area contributed by atoms with E-state index in [-0.39, 0.29) is 12.5 Å². The summed E-state index contributed by atoms with van der Waals surface area (Å²) in [6.45, 7) is 3.27. The number of hydrogen-bond donors (Lipinski definition) is 5. The third-order valence-electron chi connectivity index (χ3n) is 4.67. The van der Waals surface area contributed by atoms with Crippen molar-refractivity contribution < 1.29 is 19.5 Å². The summed E-state index contributed by atoms with van der Waals surface area (Å²) in [6, 6.07) is 5.90. The van der Waals surface area contributed by atoms with E-state index in [2.05, 4.69) is 15.6 Å². The van der Waals surface area contributed by atoms with Gasteiger partial charge in [-0.05, 0) is 24.0 Å². The number of fused-ring (bicyclic) bond motifs is 1. The van der Waals surface area contributed by atoms with Gasteiger partial charge in [-0.3, -0.25) is 9.59 Å². The Morgan fingerprint density at radius 1 is 1.26 bits per heavy atom. The average Bonchev–Trinajstić information content (AvgIpc) is 3.06. The zero-order valence-electron chi connectivity index (χ0n) is 15.5. The Hall–Kier alpha value is -2.87. The maximum atomic E-state index is 12.2. The molecule has 0 bridgehead atoms. The van der Waals surface area contributed by atoms with Gasteiger partial charge in [0.05, 0.1) is 12.6 Å². The van der Waals surface area contributed by atoms with Crippen molar-refractivity contribution in [2.75, 3.05) is 6.54 Å². The highest BCUT2D eigenvalue weighted by molar-refractivity contribution is 5.90. The van der Waals surface area contributed by atoms with Crippen LogP contribution < -0.4 is 16.4 Å². The number of rotatable bonds is 9. The van der Waals surface area contributed by atoms with E-state index in [9.17, 15) is 19.5 Å². The summed E-state index contributed by atoms with van der Waals surface area (Å²) in [4.78, 5) is 38.5. The van der Waals surface area contributed by atoms with Gasteiger partial charge in [-0.25, -0.2) is 4.79 Å². The second kappa shape index (κ2) is 9.18. The molecule has 0 fully saturated rings. The van der Waals surface area contributed by atoms with Gasteiger partial charge >= 0.3 is 5.97 Å². The van der Waals surface area contributed by atoms with Gasteiger partial charge in [0.25, 0.3) is 0 Å². The SMILES string of the molecule is CC[C@H](C)[C@H](NC(=O)CNC(=O)[C@@H](N)Cc1c[nH]c2ccccc12)C(=O)O. The lowest BCUT2D eigenvalue weighted by Crippen LogP contribution is -2.50. The highest BCUT2D eigenvalue weighted by atomic mass is 16.4. The zero-order valence-corrected chi connectivity index (χ0v) is 15.5. The molecule has 0 aliphatic heterocycles. The van der Waals surface area contributed by atoms with Gasteiger partial charge in [0, 0.05) is 17.1 Å². The predicted molar refractivity (Wildman–Crippen MR) is 102 cm³/mol. The Kier molecular flexibility index (Phi) is 6.95. The van der Waals surface area contributed by atoms with Crippen LogP contribution in [0.3, 0.4) is 0 Å². The van der Waals surface area contributed by atoms with Gasteiger partial charge in [-0.15, -0.1) is 0 Å². The fourth-order valence-corrected chi connectivity index (χ4v) is 2.84. The molecule has 1 heterocycles. The minimum Gasteiger partial charge on any atom is -0.480 e. The van der Waals surface area contributed by atoms with Crippen LogP contribution in [0.25, 0.3) is 10.9 Å². The molecule has 2 aromatic rings. The molecule has 0 radical (unpaired) electrons. The number of benzene rings is 1. The van der Waals surface area contributed by atoms with Crippen molar-refractivity contribution in [1.82, 2.24) is 15.6 Å². The first kappa shape index (κ1) is 20.4. The van der Waals surface area contributed by atoms with Crippen LogP contribution >= 0.6 is 0 Å². The van der Waals surface area contributed by atoms with Crippen LogP contribution in [0.4, 0.5) is 0 Å². The minimum absolute atomic E-state index is 0.216. The number of carboxylic acid groups (broad SMARTS) is 1. The lowest BCUT2D eigenvalue weighted by molar-refractivity contribution is -0.143. The third kappa shape index (κ3) is 5.30. The molecule has 0 aliphatic rings. The standard InChI is InChI=1S/C19H26N4O4/c1-3-11(2)17(19(26)27)23-16(24)10-22-18(25)14(20)8-12-9-21-15-7-5-4-6-13(12)15/h4-7,9,11,14,17,21H,3,8,10,20H2,1-2H3,(H,22,25)(H,23,24)(H,26,27)/t11-,14-,17-/m0/s1. The normalized spacial score (nSPS) is 14.3. The molecule has 3 atom stereocenters. The highest BCUT2D eigenvalue weighted by Gasteiger charge is 2.25. The number of nitrogens with one attached hydrogen (secondary N) is 3. The second-order valence-electron chi connectivity index (χ2n) is 6.66. The van der Waals surface area contributed by atoms with Gasteiger partial charge in [0.1, 0.15) is 6.04 Å². The van der Waals surface area contributed by atoms with Crippen LogP contribution in [0.5, 0.6) is 0 Å². The van der Waals surface area contributed by atoms with Crippen molar-refractivity contribution in [2.45, 2.75) is 38.8 Å². The molecule has 8 nitrogen and oxygen atoms in total. The second-order valence-corrected chi connectivity index (χ2v) is 6.66. The Bertz CT molecular complexity index is 817. The zero-order chi connectivity index (χ0) is 20.0. The molecule has 2 amide bonds. The van der Waals surface area contributed by atoms with Crippen molar-refractivity contribution in [2.24, 2.45) is 11.7 Å². The highest BCUT2D eigenvalue weighted by Crippen LogP contribution is 2.18. The molecule has 8 heteroatoms. The van der Waals surface area contributed by atoms with E-state index in [1.54, 1.807) is 6.92 Å². The van der Waals surface area contributed by atoms with E-state index in [4.69, 9.17) is 5.73 Å². The van der Waals surface area contributed by atoms with Gasteiger partial charge in [0.2, 0.25) is 11.8 Å². The Labute approximate surface area is 157 Å². The number of aliphatic carboxylic acids is 1. The van der Waals surface area contributed by atoms with Crippen LogP contribution in [-0.2, 0) is 20.8 Å². The first-order valence-electron chi connectivity index (χ1n) is 8.93. The summed E-state index contributed by atoms with van der Waals surface area (Å²) in [5, 5.41) is 15.1. The van der Waals surface area contributed by atoms with E-state index in [0.717, 1.165) is 16.5 Å². The molecule has 146 valence electrons. The fraction of sp³-hybridized carbons (Fsp3) is 0.421. The van der Waals surface area contributed by atoms with E-state index in [1.807, 2.05) is 37.4 Å². The molecule has 1 aromatic heterocycles. The lowest BCUT2D eigenvalue weighted by atomic mass is 9.99. The number of carbonyl (C=O) groups excluding carboxylic acids is 2. The van der Waals surface area contributed by atoms with Crippen LogP contribution in [0.2, 0.25) is 0 Å². The van der Waals surface area contributed by atoms with Crippen LogP contribution in [0.15, 0.2) is 30.5 Å². The summed E-state index contributed by atoms with van der Waals surface area (Å²) in [5.41, 5.74) is 7.83. The van der Waals surface area contributed by atoms with E-state index < -0.39 is 29.9 Å². The number of nitrogens with two attached hydrogens (primary N) is 1. The van der Waals surface area contributed by atoms with Crippen molar-refractivity contribution >= 4 is 28.7 Å². The molecular formula is C19H26N4O4. The van der Waals surface area contributed by atoms with E-state index in [0.29, 0.717) is 12.8 Å². The molecule has 27 heavy (non-hydrogen) atoms. The maximum absolute atomic E-state index is 12.2. The van der Waals surface area contributed by atoms with Crippen LogP contribution in [0.1, 0.15) is 25.8 Å². The Morgan fingerprint density at radius 2 is 1.96 bits per heavy atom. The largest absolute Gasteiger partial charge is 0.480 e. The summed E-state index contributed by atoms with van der Waals surface area (Å²) in [5.74, 6) is -2.34. The smallest absolute Gasteiger partial charge is 0.326 e. The summed E-state index contributed by atoms with van der Waals surface area (Å²) in [7, 11) is 0. The summed E-state index contributed by atoms with van der Waals surface area (Å²) in [6.07, 6.45) is 2.75. The molecule has 0 spiro atoms. The number of carboxylic acids is 1. The first-order chi connectivity index (χ1) is 12.8. The molecule has 6 N–H and O–H groups in total. The number of aromatic amines is 1. The molecule has 2 rings (SSSR count).